The Morgan fingerprint density at radius 3 is 2.76 bits per heavy atom. The number of halogens is 1. The van der Waals surface area contributed by atoms with Gasteiger partial charge in [-0.1, -0.05) is 17.7 Å². The number of fused-ring (bicyclic) bond motifs is 1. The van der Waals surface area contributed by atoms with Crippen LogP contribution in [0, 0.1) is 0 Å². The lowest BCUT2D eigenvalue weighted by molar-refractivity contribution is 0.428. The number of hydrogen-bond donors (Lipinski definition) is 2. The van der Waals surface area contributed by atoms with Crippen LogP contribution in [0.1, 0.15) is 26.6 Å². The predicted octanol–water partition coefficient (Wildman–Crippen LogP) is 3.15. The fraction of sp³-hybridized carbons (Fsp3) is 0.462. The Morgan fingerprint density at radius 1 is 1.35 bits per heavy atom. The van der Waals surface area contributed by atoms with E-state index in [1.165, 1.54) is 0 Å². The summed E-state index contributed by atoms with van der Waals surface area (Å²) in [6.07, 6.45) is 0.877. The zero-order valence-electron chi connectivity index (χ0n) is 10.5. The molecule has 4 heteroatoms. The molecule has 0 saturated carbocycles. The van der Waals surface area contributed by atoms with Crippen molar-refractivity contribution in [3.8, 4) is 0 Å². The lowest BCUT2D eigenvalue weighted by atomic mass is 10.1. The highest BCUT2D eigenvalue weighted by Gasteiger charge is 2.09. The van der Waals surface area contributed by atoms with Crippen LogP contribution in [-0.4, -0.2) is 22.1 Å². The molecule has 92 valence electrons. The van der Waals surface area contributed by atoms with E-state index in [0.29, 0.717) is 5.02 Å². The van der Waals surface area contributed by atoms with Crippen molar-refractivity contribution in [1.29, 1.82) is 0 Å². The van der Waals surface area contributed by atoms with Crippen LogP contribution in [0.5, 0.6) is 0 Å². The van der Waals surface area contributed by atoms with Crippen LogP contribution in [0.3, 0.4) is 0 Å². The molecule has 1 aromatic carbocycles. The number of rotatable bonds is 3. The highest BCUT2D eigenvalue weighted by Crippen LogP contribution is 2.20. The lowest BCUT2D eigenvalue weighted by Crippen LogP contribution is -2.37. The maximum absolute atomic E-state index is 6.08. The molecule has 2 N–H and O–H groups in total. The highest BCUT2D eigenvalue weighted by molar-refractivity contribution is 6.34. The topological polar surface area (TPSA) is 40.7 Å². The van der Waals surface area contributed by atoms with Crippen LogP contribution in [0.4, 0.5) is 0 Å². The Morgan fingerprint density at radius 2 is 2.12 bits per heavy atom. The van der Waals surface area contributed by atoms with Gasteiger partial charge in [-0.15, -0.1) is 0 Å². The van der Waals surface area contributed by atoms with E-state index in [-0.39, 0.29) is 5.54 Å². The number of H-pyrrole nitrogens is 1. The van der Waals surface area contributed by atoms with Gasteiger partial charge in [-0.2, -0.15) is 0 Å². The Hall–Kier alpha value is -1.06. The zero-order valence-corrected chi connectivity index (χ0v) is 11.2. The first-order valence-corrected chi connectivity index (χ1v) is 6.22. The second-order valence-corrected chi connectivity index (χ2v) is 5.65. The monoisotopic (exact) mass is 251 g/mol. The van der Waals surface area contributed by atoms with Gasteiger partial charge in [0.1, 0.15) is 11.3 Å². The first kappa shape index (κ1) is 12.4. The molecule has 2 aromatic rings. The molecule has 0 spiro atoms. The number of benzene rings is 1. The highest BCUT2D eigenvalue weighted by atomic mass is 35.5. The van der Waals surface area contributed by atoms with E-state index in [1.807, 2.05) is 18.2 Å². The molecule has 0 fully saturated rings. The van der Waals surface area contributed by atoms with Crippen LogP contribution < -0.4 is 5.32 Å². The minimum absolute atomic E-state index is 0.143. The van der Waals surface area contributed by atoms with Gasteiger partial charge in [-0.3, -0.25) is 0 Å². The zero-order chi connectivity index (χ0) is 12.5. The second-order valence-electron chi connectivity index (χ2n) is 5.25. The molecule has 0 radical (unpaired) electrons. The van der Waals surface area contributed by atoms with E-state index in [9.17, 15) is 0 Å². The molecule has 0 aliphatic heterocycles. The largest absolute Gasteiger partial charge is 0.342 e. The molecule has 2 rings (SSSR count). The summed E-state index contributed by atoms with van der Waals surface area (Å²) in [6.45, 7) is 7.37. The first-order chi connectivity index (χ1) is 7.96. The quantitative estimate of drug-likeness (QED) is 0.880. The fourth-order valence-electron chi connectivity index (χ4n) is 1.72. The van der Waals surface area contributed by atoms with E-state index in [1.54, 1.807) is 0 Å². The third-order valence-electron chi connectivity index (χ3n) is 2.53. The number of nitrogens with zero attached hydrogens (tertiary/aromatic N) is 1. The van der Waals surface area contributed by atoms with Crippen molar-refractivity contribution in [2.24, 2.45) is 0 Å². The van der Waals surface area contributed by atoms with Crippen molar-refractivity contribution < 1.29 is 0 Å². The van der Waals surface area contributed by atoms with E-state index >= 15 is 0 Å². The Balaban J connectivity index is 2.07. The van der Waals surface area contributed by atoms with Crippen molar-refractivity contribution in [2.45, 2.75) is 32.7 Å². The summed E-state index contributed by atoms with van der Waals surface area (Å²) >= 11 is 6.08. The van der Waals surface area contributed by atoms with Gasteiger partial charge < -0.3 is 10.3 Å². The molecule has 0 atom stereocenters. The summed E-state index contributed by atoms with van der Waals surface area (Å²) < 4.78 is 0. The first-order valence-electron chi connectivity index (χ1n) is 5.84. The molecule has 0 aliphatic rings. The Bertz CT molecular complexity index is 511. The number of aromatic nitrogens is 2. The van der Waals surface area contributed by atoms with E-state index in [2.05, 4.69) is 36.1 Å². The molecular weight excluding hydrogens is 234 g/mol. The molecule has 3 nitrogen and oxygen atoms in total. The smallest absolute Gasteiger partial charge is 0.108 e. The van der Waals surface area contributed by atoms with E-state index in [4.69, 9.17) is 11.6 Å². The molecule has 17 heavy (non-hydrogen) atoms. The average Bonchev–Trinajstić information content (AvgIpc) is 2.60. The summed E-state index contributed by atoms with van der Waals surface area (Å²) in [6, 6.07) is 5.79. The third-order valence-corrected chi connectivity index (χ3v) is 2.83. The number of aromatic amines is 1. The minimum Gasteiger partial charge on any atom is -0.342 e. The summed E-state index contributed by atoms with van der Waals surface area (Å²) in [4.78, 5) is 7.79. The molecule has 0 bridgehead atoms. The maximum atomic E-state index is 6.08. The molecule has 1 aromatic heterocycles. The number of nitrogens with one attached hydrogen (secondary N) is 2. The Kier molecular flexibility index (Phi) is 3.40. The number of para-hydroxylation sites is 1. The second kappa shape index (κ2) is 4.67. The summed E-state index contributed by atoms with van der Waals surface area (Å²) in [7, 11) is 0. The minimum atomic E-state index is 0.143. The van der Waals surface area contributed by atoms with Crippen LogP contribution in [-0.2, 0) is 6.42 Å². The molecular formula is C13H18ClN3. The van der Waals surface area contributed by atoms with Crippen LogP contribution in [0.15, 0.2) is 18.2 Å². The molecule has 0 unspecified atom stereocenters. The number of imidazole rings is 1. The number of hydrogen-bond acceptors (Lipinski definition) is 2. The average molecular weight is 252 g/mol. The third kappa shape index (κ3) is 3.20. The lowest BCUT2D eigenvalue weighted by Gasteiger charge is -2.19. The molecule has 0 amide bonds. The van der Waals surface area contributed by atoms with E-state index < -0.39 is 0 Å². The molecule has 0 saturated heterocycles. The van der Waals surface area contributed by atoms with E-state index in [0.717, 1.165) is 29.8 Å². The van der Waals surface area contributed by atoms with Crippen LogP contribution in [0.25, 0.3) is 11.0 Å². The summed E-state index contributed by atoms with van der Waals surface area (Å²) in [5.74, 6) is 0.977. The van der Waals surface area contributed by atoms with Crippen molar-refractivity contribution in [3.63, 3.8) is 0 Å². The normalized spacial score (nSPS) is 12.2. The van der Waals surface area contributed by atoms with Gasteiger partial charge in [0.2, 0.25) is 0 Å². The SMILES string of the molecule is CC(C)(C)NCCc1nc2c(Cl)cccc2[nH]1. The van der Waals surface area contributed by atoms with Crippen molar-refractivity contribution in [1.82, 2.24) is 15.3 Å². The molecule has 1 heterocycles. The van der Waals surface area contributed by atoms with Crippen molar-refractivity contribution in [2.75, 3.05) is 6.54 Å². The summed E-state index contributed by atoms with van der Waals surface area (Å²) in [5.41, 5.74) is 2.01. The predicted molar refractivity (Wildman–Crippen MR) is 72.6 cm³/mol. The van der Waals surface area contributed by atoms with Gasteiger partial charge in [0.15, 0.2) is 0 Å². The standard InChI is InChI=1S/C13H18ClN3/c1-13(2,3)15-8-7-11-16-10-6-4-5-9(14)12(10)17-11/h4-6,15H,7-8H2,1-3H3,(H,16,17). The summed E-state index contributed by atoms with van der Waals surface area (Å²) in [5, 5.41) is 4.14. The fourth-order valence-corrected chi connectivity index (χ4v) is 1.94. The van der Waals surface area contributed by atoms with Crippen molar-refractivity contribution >= 4 is 22.6 Å². The van der Waals surface area contributed by atoms with Gasteiger partial charge in [0.05, 0.1) is 10.5 Å². The van der Waals surface area contributed by atoms with Crippen LogP contribution in [0.2, 0.25) is 5.02 Å². The van der Waals surface area contributed by atoms with Gasteiger partial charge in [0.25, 0.3) is 0 Å². The van der Waals surface area contributed by atoms with Gasteiger partial charge >= 0.3 is 0 Å². The maximum Gasteiger partial charge on any atom is 0.108 e. The molecule has 0 aliphatic carbocycles. The van der Waals surface area contributed by atoms with Gasteiger partial charge in [-0.25, -0.2) is 4.98 Å². The Labute approximate surface area is 107 Å². The van der Waals surface area contributed by atoms with Gasteiger partial charge in [0, 0.05) is 18.5 Å². The van der Waals surface area contributed by atoms with Crippen LogP contribution >= 0.6 is 11.6 Å². The van der Waals surface area contributed by atoms with Gasteiger partial charge in [-0.05, 0) is 32.9 Å². The van der Waals surface area contributed by atoms with Crippen molar-refractivity contribution in [3.05, 3.63) is 29.0 Å².